The molecule has 1 aromatic heterocycles. The third-order valence-corrected chi connectivity index (χ3v) is 12.5. The topological polar surface area (TPSA) is 66.3 Å². The van der Waals surface area contributed by atoms with Crippen molar-refractivity contribution in [3.8, 4) is 39.3 Å². The molecule has 0 spiro atoms. The molecule has 0 saturated heterocycles. The van der Waals surface area contributed by atoms with E-state index in [1.165, 1.54) is 32.7 Å². The molecule has 300 valence electrons. The normalized spacial score (nSPS) is 15.8. The van der Waals surface area contributed by atoms with Gasteiger partial charge in [-0.05, 0) is 56.3 Å². The molecule has 0 radical (unpaired) electrons. The molecular weight excluding hydrogens is 769 g/mol. The molecule has 0 saturated carbocycles. The molecule has 10 aromatic rings. The first kappa shape index (κ1) is 36.8. The van der Waals surface area contributed by atoms with Gasteiger partial charge in [-0.25, -0.2) is 9.98 Å². The fourth-order valence-corrected chi connectivity index (χ4v) is 9.37. The van der Waals surface area contributed by atoms with Crippen molar-refractivity contribution in [2.45, 2.75) is 12.3 Å². The molecule has 3 heterocycles. The lowest BCUT2D eigenvalue weighted by Crippen LogP contribution is -2.44. The molecule has 0 amide bonds. The van der Waals surface area contributed by atoms with Gasteiger partial charge in [-0.3, -0.25) is 9.88 Å². The van der Waals surface area contributed by atoms with E-state index in [0.717, 1.165) is 79.6 Å². The maximum absolute atomic E-state index is 5.52. The van der Waals surface area contributed by atoms with Crippen LogP contribution in [0.2, 0.25) is 0 Å². The van der Waals surface area contributed by atoms with Gasteiger partial charge in [-0.15, -0.1) is 0 Å². The molecule has 6 heteroatoms. The molecule has 2 unspecified atom stereocenters. The molecule has 0 aliphatic carbocycles. The fraction of sp³-hybridized carbons (Fsp3) is 0.0526. The van der Waals surface area contributed by atoms with Gasteiger partial charge >= 0.3 is 0 Å². The van der Waals surface area contributed by atoms with Crippen molar-refractivity contribution in [3.05, 3.63) is 229 Å². The second-order valence-corrected chi connectivity index (χ2v) is 16.3. The summed E-state index contributed by atoms with van der Waals surface area (Å²) in [5.74, 6) is 1.79. The Morgan fingerprint density at radius 3 is 1.83 bits per heavy atom. The van der Waals surface area contributed by atoms with Crippen molar-refractivity contribution in [3.63, 3.8) is 0 Å². The summed E-state index contributed by atoms with van der Waals surface area (Å²) in [5.41, 5.74) is 14.5. The highest BCUT2D eigenvalue weighted by Gasteiger charge is 2.27. The summed E-state index contributed by atoms with van der Waals surface area (Å²) in [4.78, 5) is 10.7. The second-order valence-electron chi connectivity index (χ2n) is 16.3. The van der Waals surface area contributed by atoms with E-state index >= 15 is 0 Å². The highest BCUT2D eigenvalue weighted by molar-refractivity contribution is 6.17. The number of nitrogens with one attached hydrogen (secondary N) is 3. The SMILES string of the molecule is C1=Cc2c(c3ccccc3c3c2nc(-c2cccc4ccccc24)n3-c2ccc(-c3ccc(C4N=C(c5ccccc5)NC(c5ccc(-c6ccccc6)cc5)N4)cc3)cc2)NC1. The number of amidine groups is 1. The third kappa shape index (κ3) is 6.56. The summed E-state index contributed by atoms with van der Waals surface area (Å²) in [5, 5.41) is 15.9. The summed E-state index contributed by atoms with van der Waals surface area (Å²) in [6.45, 7) is 0.794. The molecule has 2 aliphatic rings. The quantitative estimate of drug-likeness (QED) is 0.150. The Morgan fingerprint density at radius 2 is 1.10 bits per heavy atom. The lowest BCUT2D eigenvalue weighted by Gasteiger charge is -2.32. The van der Waals surface area contributed by atoms with Crippen LogP contribution in [0.1, 0.15) is 34.6 Å². The Labute approximate surface area is 365 Å². The van der Waals surface area contributed by atoms with Crippen LogP contribution in [0.3, 0.4) is 0 Å². The molecule has 0 bridgehead atoms. The monoisotopic (exact) mass is 810 g/mol. The van der Waals surface area contributed by atoms with Gasteiger partial charge < -0.3 is 10.6 Å². The van der Waals surface area contributed by atoms with Crippen LogP contribution in [0, 0.1) is 0 Å². The Kier molecular flexibility index (Phi) is 9.01. The molecular formula is C57H42N6. The van der Waals surface area contributed by atoms with Gasteiger partial charge in [0.05, 0.1) is 16.7 Å². The summed E-state index contributed by atoms with van der Waals surface area (Å²) >= 11 is 0. The summed E-state index contributed by atoms with van der Waals surface area (Å²) in [6.07, 6.45) is 4.04. The maximum Gasteiger partial charge on any atom is 0.146 e. The van der Waals surface area contributed by atoms with E-state index in [9.17, 15) is 0 Å². The van der Waals surface area contributed by atoms with E-state index in [1.807, 2.05) is 6.07 Å². The number of aromatic nitrogens is 2. The van der Waals surface area contributed by atoms with E-state index in [1.54, 1.807) is 0 Å². The lowest BCUT2D eigenvalue weighted by atomic mass is 9.99. The van der Waals surface area contributed by atoms with Crippen molar-refractivity contribution >= 4 is 50.2 Å². The van der Waals surface area contributed by atoms with Gasteiger partial charge in [-0.2, -0.15) is 0 Å². The first-order valence-electron chi connectivity index (χ1n) is 21.6. The van der Waals surface area contributed by atoms with Crippen molar-refractivity contribution in [2.75, 3.05) is 11.9 Å². The van der Waals surface area contributed by atoms with Crippen LogP contribution in [-0.2, 0) is 0 Å². The van der Waals surface area contributed by atoms with Crippen LogP contribution in [0.25, 0.3) is 78.0 Å². The zero-order valence-electron chi connectivity index (χ0n) is 34.4. The molecule has 3 N–H and O–H groups in total. The number of hydrogen-bond acceptors (Lipinski definition) is 5. The fourth-order valence-electron chi connectivity index (χ4n) is 9.37. The summed E-state index contributed by atoms with van der Waals surface area (Å²) in [6, 6.07) is 71.2. The van der Waals surface area contributed by atoms with Crippen LogP contribution >= 0.6 is 0 Å². The predicted molar refractivity (Wildman–Crippen MR) is 261 cm³/mol. The van der Waals surface area contributed by atoms with Gasteiger partial charge in [0.2, 0.25) is 0 Å². The molecule has 0 fully saturated rings. The maximum atomic E-state index is 5.52. The minimum atomic E-state index is -0.246. The number of benzene rings is 9. The molecule has 6 nitrogen and oxygen atoms in total. The van der Waals surface area contributed by atoms with E-state index in [0.29, 0.717) is 0 Å². The van der Waals surface area contributed by atoms with E-state index in [4.69, 9.17) is 9.98 Å². The average Bonchev–Trinajstić information content (AvgIpc) is 3.78. The number of rotatable bonds is 7. The number of aliphatic imine (C=N–C) groups is 1. The Morgan fingerprint density at radius 1 is 0.508 bits per heavy atom. The lowest BCUT2D eigenvalue weighted by molar-refractivity contribution is 0.409. The van der Waals surface area contributed by atoms with Gasteiger partial charge in [0, 0.05) is 39.7 Å². The van der Waals surface area contributed by atoms with Crippen molar-refractivity contribution < 1.29 is 0 Å². The molecule has 2 aliphatic heterocycles. The minimum Gasteiger partial charge on any atom is -0.381 e. The standard InChI is InChI=1S/C57H42N6/c1-3-13-37(14-4-1)38-24-28-43(29-25-38)55-60-54(42-16-5-2-6-17-42)61-56(62-55)44-30-26-39(27-31-44)40-32-34-45(35-33-40)63-53-48-21-10-9-20-47(48)51-50(23-12-36-58-51)52(53)59-57(63)49-22-11-18-41-15-7-8-19-46(41)49/h1-35,55-56,58,62H,36H2,(H,60,61). The molecule has 9 aromatic carbocycles. The molecule has 2 atom stereocenters. The van der Waals surface area contributed by atoms with E-state index in [2.05, 4.69) is 227 Å². The van der Waals surface area contributed by atoms with E-state index in [-0.39, 0.29) is 12.3 Å². The molecule has 63 heavy (non-hydrogen) atoms. The van der Waals surface area contributed by atoms with Crippen LogP contribution in [0.5, 0.6) is 0 Å². The van der Waals surface area contributed by atoms with Gasteiger partial charge in [-0.1, -0.05) is 200 Å². The number of hydrogen-bond donors (Lipinski definition) is 3. The zero-order valence-corrected chi connectivity index (χ0v) is 34.4. The molecule has 12 rings (SSSR count). The predicted octanol–water partition coefficient (Wildman–Crippen LogP) is 13.1. The van der Waals surface area contributed by atoms with Crippen LogP contribution in [-0.4, -0.2) is 21.9 Å². The summed E-state index contributed by atoms with van der Waals surface area (Å²) < 4.78 is 2.37. The Bertz CT molecular complexity index is 3360. The third-order valence-electron chi connectivity index (χ3n) is 12.5. The number of nitrogens with zero attached hydrogens (tertiary/aromatic N) is 3. The minimum absolute atomic E-state index is 0.132. The second kappa shape index (κ2) is 15.4. The van der Waals surface area contributed by atoms with Gasteiger partial charge in [0.25, 0.3) is 0 Å². The highest BCUT2D eigenvalue weighted by Crippen LogP contribution is 2.43. The largest absolute Gasteiger partial charge is 0.381 e. The van der Waals surface area contributed by atoms with Gasteiger partial charge in [0.1, 0.15) is 24.0 Å². The zero-order chi connectivity index (χ0) is 41.7. The number of imidazole rings is 1. The van der Waals surface area contributed by atoms with Gasteiger partial charge in [0.15, 0.2) is 0 Å². The first-order valence-corrected chi connectivity index (χ1v) is 21.6. The van der Waals surface area contributed by atoms with E-state index < -0.39 is 0 Å². The number of fused-ring (bicyclic) bond motifs is 7. The van der Waals surface area contributed by atoms with Crippen molar-refractivity contribution in [1.29, 1.82) is 0 Å². The smallest absolute Gasteiger partial charge is 0.146 e. The first-order chi connectivity index (χ1) is 31.2. The number of anilines is 1. The average molecular weight is 811 g/mol. The summed E-state index contributed by atoms with van der Waals surface area (Å²) in [7, 11) is 0. The van der Waals surface area contributed by atoms with Crippen molar-refractivity contribution in [2.24, 2.45) is 4.99 Å². The van der Waals surface area contributed by atoms with Crippen LogP contribution < -0.4 is 16.0 Å². The van der Waals surface area contributed by atoms with Crippen LogP contribution in [0.15, 0.2) is 211 Å². The van der Waals surface area contributed by atoms with Crippen LogP contribution in [0.4, 0.5) is 5.69 Å². The highest BCUT2D eigenvalue weighted by atomic mass is 15.3. The Balaban J connectivity index is 0.907. The Hall–Kier alpha value is -8.06. The van der Waals surface area contributed by atoms with Crippen molar-refractivity contribution in [1.82, 2.24) is 20.2 Å².